The first-order chi connectivity index (χ1) is 9.65. The summed E-state index contributed by atoms with van der Waals surface area (Å²) < 4.78 is 18.8. The Morgan fingerprint density at radius 1 is 1.50 bits per heavy atom. The Kier molecular flexibility index (Phi) is 4.95. The quantitative estimate of drug-likeness (QED) is 0.891. The van der Waals surface area contributed by atoms with E-state index in [1.54, 1.807) is 0 Å². The lowest BCUT2D eigenvalue weighted by Gasteiger charge is -2.22. The van der Waals surface area contributed by atoms with Gasteiger partial charge in [0.2, 0.25) is 0 Å². The molecule has 2 atom stereocenters. The fourth-order valence-corrected chi connectivity index (χ4v) is 2.50. The molecule has 1 amide bonds. The van der Waals surface area contributed by atoms with Gasteiger partial charge in [-0.25, -0.2) is 4.39 Å². The number of ether oxygens (including phenoxy) is 1. The lowest BCUT2D eigenvalue weighted by molar-refractivity contribution is -0.135. The highest BCUT2D eigenvalue weighted by molar-refractivity contribution is 5.78. The minimum Gasteiger partial charge on any atom is -0.483 e. The van der Waals surface area contributed by atoms with Crippen molar-refractivity contribution in [1.29, 1.82) is 0 Å². The summed E-state index contributed by atoms with van der Waals surface area (Å²) in [4.78, 5) is 13.4. The van der Waals surface area contributed by atoms with Crippen molar-refractivity contribution in [3.05, 3.63) is 29.8 Å². The molecule has 110 valence electrons. The summed E-state index contributed by atoms with van der Waals surface area (Å²) in [5.41, 5.74) is 1.03. The number of hydrogen-bond acceptors (Lipinski definition) is 3. The Hall–Kier alpha value is -1.62. The van der Waals surface area contributed by atoms with Crippen LogP contribution in [0.1, 0.15) is 18.9 Å². The molecule has 2 rings (SSSR count). The minimum absolute atomic E-state index is 0.0445. The number of rotatable bonds is 5. The third kappa shape index (κ3) is 3.28. The first-order valence-corrected chi connectivity index (χ1v) is 6.90. The molecule has 0 bridgehead atoms. The van der Waals surface area contributed by atoms with E-state index < -0.39 is 12.2 Å². The highest BCUT2D eigenvalue weighted by atomic mass is 19.1. The molecule has 5 heteroatoms. The van der Waals surface area contributed by atoms with E-state index in [1.165, 1.54) is 4.90 Å². The molecule has 1 aromatic carbocycles. The van der Waals surface area contributed by atoms with E-state index in [0.29, 0.717) is 5.75 Å². The number of carbonyl (C=O) groups excluding carboxylic acids is 1. The number of aliphatic hydroxyl groups excluding tert-OH is 1. The van der Waals surface area contributed by atoms with Crippen molar-refractivity contribution in [3.8, 4) is 5.75 Å². The smallest absolute Gasteiger partial charge is 0.260 e. The van der Waals surface area contributed by atoms with Crippen LogP contribution in [0.15, 0.2) is 24.3 Å². The van der Waals surface area contributed by atoms with E-state index in [9.17, 15) is 9.18 Å². The molecule has 4 nitrogen and oxygen atoms in total. The zero-order chi connectivity index (χ0) is 14.5. The second kappa shape index (κ2) is 6.70. The number of likely N-dealkylation sites (tertiary alicyclic amines) is 1. The molecule has 1 fully saturated rings. The predicted molar refractivity (Wildman–Crippen MR) is 73.4 cm³/mol. The topological polar surface area (TPSA) is 49.8 Å². The molecule has 1 saturated heterocycles. The summed E-state index contributed by atoms with van der Waals surface area (Å²) in [7, 11) is 0. The van der Waals surface area contributed by atoms with Gasteiger partial charge < -0.3 is 14.7 Å². The Morgan fingerprint density at radius 2 is 2.25 bits per heavy atom. The molecule has 1 N–H and O–H groups in total. The SMILES string of the molecule is CCc1ccccc1OCC(=O)N1C[C@@H](F)C[C@H]1CO. The highest BCUT2D eigenvalue weighted by Gasteiger charge is 2.34. The van der Waals surface area contributed by atoms with Crippen molar-refractivity contribution in [2.45, 2.75) is 32.0 Å². The summed E-state index contributed by atoms with van der Waals surface area (Å²) in [5, 5.41) is 9.17. The number of aryl methyl sites for hydroxylation is 1. The molecule has 0 unspecified atom stereocenters. The summed E-state index contributed by atoms with van der Waals surface area (Å²) in [6, 6.07) is 7.11. The van der Waals surface area contributed by atoms with Gasteiger partial charge in [0.05, 0.1) is 19.2 Å². The maximum Gasteiger partial charge on any atom is 0.260 e. The number of nitrogens with zero attached hydrogens (tertiary/aromatic N) is 1. The van der Waals surface area contributed by atoms with Crippen LogP contribution in [-0.4, -0.2) is 47.9 Å². The van der Waals surface area contributed by atoms with Gasteiger partial charge in [-0.2, -0.15) is 0 Å². The van der Waals surface area contributed by atoms with Gasteiger partial charge in [0, 0.05) is 6.42 Å². The van der Waals surface area contributed by atoms with E-state index in [4.69, 9.17) is 9.84 Å². The van der Waals surface area contributed by atoms with Crippen molar-refractivity contribution in [2.24, 2.45) is 0 Å². The van der Waals surface area contributed by atoms with Crippen LogP contribution in [-0.2, 0) is 11.2 Å². The number of halogens is 1. The van der Waals surface area contributed by atoms with Crippen molar-refractivity contribution < 1.29 is 19.0 Å². The third-order valence-electron chi connectivity index (χ3n) is 3.60. The Balaban J connectivity index is 1.95. The lowest BCUT2D eigenvalue weighted by atomic mass is 10.1. The fraction of sp³-hybridized carbons (Fsp3) is 0.533. The fourth-order valence-electron chi connectivity index (χ4n) is 2.50. The lowest BCUT2D eigenvalue weighted by Crippen LogP contribution is -2.40. The van der Waals surface area contributed by atoms with Crippen LogP contribution in [0.3, 0.4) is 0 Å². The van der Waals surface area contributed by atoms with Gasteiger partial charge in [0.15, 0.2) is 6.61 Å². The molecular weight excluding hydrogens is 261 g/mol. The van der Waals surface area contributed by atoms with Crippen molar-refractivity contribution in [3.63, 3.8) is 0 Å². The zero-order valence-electron chi connectivity index (χ0n) is 11.6. The van der Waals surface area contributed by atoms with E-state index in [0.717, 1.165) is 12.0 Å². The molecule has 1 heterocycles. The van der Waals surface area contributed by atoms with Crippen molar-refractivity contribution >= 4 is 5.91 Å². The zero-order valence-corrected chi connectivity index (χ0v) is 11.6. The average Bonchev–Trinajstić information content (AvgIpc) is 2.86. The molecule has 0 radical (unpaired) electrons. The van der Waals surface area contributed by atoms with Gasteiger partial charge in [-0.3, -0.25) is 4.79 Å². The number of para-hydroxylation sites is 1. The number of aliphatic hydroxyl groups is 1. The number of carbonyl (C=O) groups is 1. The van der Waals surface area contributed by atoms with Crippen LogP contribution in [0.4, 0.5) is 4.39 Å². The summed E-state index contributed by atoms with van der Waals surface area (Å²) in [5.74, 6) is 0.398. The van der Waals surface area contributed by atoms with Gasteiger partial charge in [0.25, 0.3) is 5.91 Å². The largest absolute Gasteiger partial charge is 0.483 e. The summed E-state index contributed by atoms with van der Waals surface area (Å²) in [6.45, 7) is 1.72. The molecule has 1 aromatic rings. The third-order valence-corrected chi connectivity index (χ3v) is 3.60. The summed E-state index contributed by atoms with van der Waals surface area (Å²) in [6.07, 6.45) is -0.0349. The molecule has 1 aliphatic heterocycles. The Labute approximate surface area is 118 Å². The predicted octanol–water partition coefficient (Wildman–Crippen LogP) is 1.56. The van der Waals surface area contributed by atoms with Crippen molar-refractivity contribution in [1.82, 2.24) is 4.90 Å². The second-order valence-electron chi connectivity index (χ2n) is 4.97. The van der Waals surface area contributed by atoms with E-state index in [-0.39, 0.29) is 32.1 Å². The molecule has 0 aromatic heterocycles. The highest BCUT2D eigenvalue weighted by Crippen LogP contribution is 2.22. The van der Waals surface area contributed by atoms with Gasteiger partial charge in [0.1, 0.15) is 11.9 Å². The molecule has 20 heavy (non-hydrogen) atoms. The number of hydrogen-bond donors (Lipinski definition) is 1. The van der Waals surface area contributed by atoms with Gasteiger partial charge in [-0.15, -0.1) is 0 Å². The van der Waals surface area contributed by atoms with Gasteiger partial charge in [-0.1, -0.05) is 25.1 Å². The van der Waals surface area contributed by atoms with E-state index >= 15 is 0 Å². The maximum absolute atomic E-state index is 13.3. The standard InChI is InChI=1S/C15H20FNO3/c1-2-11-5-3-4-6-14(11)20-10-15(19)17-8-12(16)7-13(17)9-18/h3-6,12-13,18H,2,7-10H2,1H3/t12-,13-/m0/s1. The molecule has 1 aliphatic rings. The summed E-state index contributed by atoms with van der Waals surface area (Å²) >= 11 is 0. The maximum atomic E-state index is 13.3. The van der Waals surface area contributed by atoms with Crippen LogP contribution < -0.4 is 4.74 Å². The number of alkyl halides is 1. The first-order valence-electron chi connectivity index (χ1n) is 6.90. The van der Waals surface area contributed by atoms with Crippen LogP contribution in [0.5, 0.6) is 5.75 Å². The Morgan fingerprint density at radius 3 is 2.95 bits per heavy atom. The monoisotopic (exact) mass is 281 g/mol. The van der Waals surface area contributed by atoms with E-state index in [2.05, 4.69) is 0 Å². The first kappa shape index (κ1) is 14.8. The van der Waals surface area contributed by atoms with Crippen LogP contribution in [0, 0.1) is 0 Å². The van der Waals surface area contributed by atoms with Crippen LogP contribution >= 0.6 is 0 Å². The van der Waals surface area contributed by atoms with Crippen LogP contribution in [0.2, 0.25) is 0 Å². The number of amides is 1. The minimum atomic E-state index is -1.06. The molecule has 0 saturated carbocycles. The van der Waals surface area contributed by atoms with Gasteiger partial charge in [-0.05, 0) is 18.1 Å². The van der Waals surface area contributed by atoms with Gasteiger partial charge >= 0.3 is 0 Å². The number of benzene rings is 1. The molecular formula is C15H20FNO3. The van der Waals surface area contributed by atoms with Crippen LogP contribution in [0.25, 0.3) is 0 Å². The molecule has 0 aliphatic carbocycles. The van der Waals surface area contributed by atoms with E-state index in [1.807, 2.05) is 31.2 Å². The molecule has 0 spiro atoms. The normalized spacial score (nSPS) is 22.1. The Bertz CT molecular complexity index is 466. The van der Waals surface area contributed by atoms with Crippen molar-refractivity contribution in [2.75, 3.05) is 19.8 Å². The second-order valence-corrected chi connectivity index (χ2v) is 4.97. The average molecular weight is 281 g/mol.